The summed E-state index contributed by atoms with van der Waals surface area (Å²) in [6.45, 7) is 4.13. The molecule has 0 bridgehead atoms. The van der Waals surface area contributed by atoms with E-state index < -0.39 is 0 Å². The monoisotopic (exact) mass is 182 g/mol. The highest BCUT2D eigenvalue weighted by Crippen LogP contribution is 2.20. The average Bonchev–Trinajstić information content (AvgIpc) is 2.18. The van der Waals surface area contributed by atoms with Crippen LogP contribution >= 0.6 is 0 Å². The number of hydrogen-bond donors (Lipinski definition) is 0. The van der Waals surface area contributed by atoms with E-state index in [-0.39, 0.29) is 0 Å². The molecule has 0 saturated heterocycles. The highest BCUT2D eigenvalue weighted by Gasteiger charge is 1.98. The number of rotatable bonds is 1. The molecule has 69 valence electrons. The van der Waals surface area contributed by atoms with Crippen molar-refractivity contribution in [1.29, 1.82) is 0 Å². The van der Waals surface area contributed by atoms with Crippen molar-refractivity contribution in [3.63, 3.8) is 0 Å². The zero-order valence-corrected chi connectivity index (χ0v) is 8.41. The van der Waals surface area contributed by atoms with E-state index in [0.29, 0.717) is 0 Å². The number of nitrogens with zero attached hydrogens (tertiary/aromatic N) is 1. The fourth-order valence-corrected chi connectivity index (χ4v) is 1.60. The number of benzene rings is 1. The molecule has 0 amide bonds. The molecule has 2 rings (SSSR count). The maximum atomic E-state index is 4.01. The Hall–Kier alpha value is -1.63. The zero-order chi connectivity index (χ0) is 9.97. The van der Waals surface area contributed by atoms with Gasteiger partial charge in [-0.1, -0.05) is 12.1 Å². The summed E-state index contributed by atoms with van der Waals surface area (Å²) in [5, 5.41) is 0. The fraction of sp³-hybridized carbons (Fsp3) is 0.154. The lowest BCUT2D eigenvalue weighted by Crippen LogP contribution is -1.83. The fourth-order valence-electron chi connectivity index (χ4n) is 1.60. The highest BCUT2D eigenvalue weighted by molar-refractivity contribution is 5.64. The van der Waals surface area contributed by atoms with Crippen molar-refractivity contribution in [2.45, 2.75) is 13.8 Å². The first kappa shape index (κ1) is 8.95. The first-order valence-corrected chi connectivity index (χ1v) is 4.67. The molecule has 1 heterocycles. The van der Waals surface area contributed by atoms with Crippen molar-refractivity contribution in [2.24, 2.45) is 0 Å². The maximum Gasteiger partial charge on any atom is 0.0273 e. The number of aryl methyl sites for hydroxylation is 2. The standard InChI is InChI=1S/C13H12N/c1-10-7-11(2)9-13(8-10)12-3-5-14-6-4-12/h3-6,8-9H,1-2H3. The minimum Gasteiger partial charge on any atom is -0.265 e. The first-order chi connectivity index (χ1) is 6.75. The van der Waals surface area contributed by atoms with E-state index in [0.717, 1.165) is 0 Å². The van der Waals surface area contributed by atoms with Crippen LogP contribution in [0.4, 0.5) is 0 Å². The van der Waals surface area contributed by atoms with Crippen LogP contribution in [0.25, 0.3) is 11.1 Å². The van der Waals surface area contributed by atoms with E-state index in [4.69, 9.17) is 0 Å². The Morgan fingerprint density at radius 1 is 0.929 bits per heavy atom. The molecule has 1 aromatic heterocycles. The molecule has 0 aliphatic heterocycles. The second-order valence-corrected chi connectivity index (χ2v) is 3.47. The Kier molecular flexibility index (Phi) is 2.32. The van der Waals surface area contributed by atoms with Crippen LogP contribution < -0.4 is 0 Å². The summed E-state index contributed by atoms with van der Waals surface area (Å²) in [6.07, 6.45) is 3.63. The second kappa shape index (κ2) is 3.62. The van der Waals surface area contributed by atoms with Crippen molar-refractivity contribution >= 4 is 0 Å². The molecule has 0 fully saturated rings. The van der Waals surface area contributed by atoms with Gasteiger partial charge in [0.05, 0.1) is 0 Å². The van der Waals surface area contributed by atoms with Gasteiger partial charge in [0.2, 0.25) is 0 Å². The molecule has 0 aliphatic carbocycles. The summed E-state index contributed by atoms with van der Waals surface area (Å²) in [7, 11) is 0. The van der Waals surface area contributed by atoms with E-state index in [9.17, 15) is 0 Å². The van der Waals surface area contributed by atoms with Gasteiger partial charge in [0.1, 0.15) is 0 Å². The third kappa shape index (κ3) is 1.82. The molecule has 1 aromatic carbocycles. The molecule has 0 unspecified atom stereocenters. The van der Waals surface area contributed by atoms with E-state index in [1.165, 1.54) is 22.3 Å². The lowest BCUT2D eigenvalue weighted by Gasteiger charge is -2.03. The Balaban J connectivity index is 2.52. The predicted molar refractivity (Wildman–Crippen MR) is 58.0 cm³/mol. The molecule has 1 nitrogen and oxygen atoms in total. The molecule has 0 aliphatic rings. The normalized spacial score (nSPS) is 10.1. The minimum absolute atomic E-state index is 1.18. The smallest absolute Gasteiger partial charge is 0.0273 e. The van der Waals surface area contributed by atoms with Crippen LogP contribution in [0.5, 0.6) is 0 Å². The van der Waals surface area contributed by atoms with Crippen LogP contribution in [0.3, 0.4) is 0 Å². The maximum absolute atomic E-state index is 4.01. The first-order valence-electron chi connectivity index (χ1n) is 4.67. The SMILES string of the molecule is Cc1[c]c(C)cc(-c2ccncc2)c1. The molecule has 0 saturated carbocycles. The van der Waals surface area contributed by atoms with Gasteiger partial charge < -0.3 is 0 Å². The van der Waals surface area contributed by atoms with Crippen LogP contribution in [0.15, 0.2) is 36.7 Å². The number of hydrogen-bond acceptors (Lipinski definition) is 1. The average molecular weight is 182 g/mol. The van der Waals surface area contributed by atoms with Crippen LogP contribution in [-0.4, -0.2) is 4.98 Å². The van der Waals surface area contributed by atoms with Gasteiger partial charge in [-0.15, -0.1) is 0 Å². The summed E-state index contributed by atoms with van der Waals surface area (Å²) in [5.41, 5.74) is 4.80. The van der Waals surface area contributed by atoms with Gasteiger partial charge in [-0.2, -0.15) is 0 Å². The molecule has 1 heteroatoms. The summed E-state index contributed by atoms with van der Waals surface area (Å²) in [4.78, 5) is 4.01. The van der Waals surface area contributed by atoms with Gasteiger partial charge in [-0.3, -0.25) is 4.98 Å². The Morgan fingerprint density at radius 2 is 1.50 bits per heavy atom. The van der Waals surface area contributed by atoms with Crippen LogP contribution in [0.2, 0.25) is 0 Å². The molecule has 2 aromatic rings. The second-order valence-electron chi connectivity index (χ2n) is 3.47. The van der Waals surface area contributed by atoms with Gasteiger partial charge >= 0.3 is 0 Å². The summed E-state index contributed by atoms with van der Waals surface area (Å²) in [5.74, 6) is 0. The van der Waals surface area contributed by atoms with E-state index in [1.54, 1.807) is 0 Å². The third-order valence-corrected chi connectivity index (χ3v) is 2.15. The van der Waals surface area contributed by atoms with Crippen LogP contribution in [-0.2, 0) is 0 Å². The summed E-state index contributed by atoms with van der Waals surface area (Å²) >= 11 is 0. The Morgan fingerprint density at radius 3 is 2.07 bits per heavy atom. The van der Waals surface area contributed by atoms with Crippen molar-refractivity contribution in [2.75, 3.05) is 0 Å². The van der Waals surface area contributed by atoms with Crippen molar-refractivity contribution in [3.05, 3.63) is 53.9 Å². The number of pyridine rings is 1. The minimum atomic E-state index is 1.18. The van der Waals surface area contributed by atoms with Gasteiger partial charge in [-0.05, 0) is 54.3 Å². The Bertz CT molecular complexity index is 412. The molecular formula is C13H12N. The third-order valence-electron chi connectivity index (χ3n) is 2.15. The quantitative estimate of drug-likeness (QED) is 0.660. The predicted octanol–water partition coefficient (Wildman–Crippen LogP) is 3.17. The molecule has 0 N–H and O–H groups in total. The lowest BCUT2D eigenvalue weighted by atomic mass is 10.0. The van der Waals surface area contributed by atoms with E-state index >= 15 is 0 Å². The Labute approximate surface area is 84.4 Å². The molecule has 0 atom stereocenters. The van der Waals surface area contributed by atoms with E-state index in [2.05, 4.69) is 37.0 Å². The van der Waals surface area contributed by atoms with Crippen molar-refractivity contribution in [1.82, 2.24) is 4.98 Å². The molecule has 0 spiro atoms. The van der Waals surface area contributed by atoms with Gasteiger partial charge in [0, 0.05) is 12.4 Å². The van der Waals surface area contributed by atoms with E-state index in [1.807, 2.05) is 24.5 Å². The van der Waals surface area contributed by atoms with Crippen molar-refractivity contribution in [3.8, 4) is 11.1 Å². The molecule has 1 radical (unpaired) electrons. The number of aromatic nitrogens is 1. The topological polar surface area (TPSA) is 12.9 Å². The van der Waals surface area contributed by atoms with Crippen molar-refractivity contribution < 1.29 is 0 Å². The lowest BCUT2D eigenvalue weighted by molar-refractivity contribution is 1.32. The molecule has 14 heavy (non-hydrogen) atoms. The van der Waals surface area contributed by atoms with Crippen LogP contribution in [0.1, 0.15) is 11.1 Å². The zero-order valence-electron chi connectivity index (χ0n) is 8.41. The van der Waals surface area contributed by atoms with Gasteiger partial charge in [0.15, 0.2) is 0 Å². The summed E-state index contributed by atoms with van der Waals surface area (Å²) in [6, 6.07) is 11.6. The van der Waals surface area contributed by atoms with Crippen LogP contribution in [0, 0.1) is 19.9 Å². The van der Waals surface area contributed by atoms with Gasteiger partial charge in [0.25, 0.3) is 0 Å². The summed E-state index contributed by atoms with van der Waals surface area (Å²) < 4.78 is 0. The highest BCUT2D eigenvalue weighted by atomic mass is 14.6. The largest absolute Gasteiger partial charge is 0.265 e. The van der Waals surface area contributed by atoms with Gasteiger partial charge in [-0.25, -0.2) is 0 Å². The molecular weight excluding hydrogens is 170 g/mol.